The Balaban J connectivity index is 1.98. The molecule has 0 saturated heterocycles. The van der Waals surface area contributed by atoms with E-state index in [1.54, 1.807) is 6.33 Å². The summed E-state index contributed by atoms with van der Waals surface area (Å²) in [7, 11) is 0. The van der Waals surface area contributed by atoms with Gasteiger partial charge >= 0.3 is 0 Å². The van der Waals surface area contributed by atoms with Crippen molar-refractivity contribution in [1.29, 1.82) is 0 Å². The molecule has 5 nitrogen and oxygen atoms in total. The summed E-state index contributed by atoms with van der Waals surface area (Å²) in [6.45, 7) is 9.06. The molecule has 0 fully saturated rings. The van der Waals surface area contributed by atoms with Crippen LogP contribution in [0.15, 0.2) is 48.8 Å². The number of nitrogens with two attached hydrogens (primary N) is 1. The van der Waals surface area contributed by atoms with E-state index in [1.165, 1.54) is 16.7 Å². The summed E-state index contributed by atoms with van der Waals surface area (Å²) >= 11 is 0. The van der Waals surface area contributed by atoms with Crippen molar-refractivity contribution < 1.29 is 0 Å². The Morgan fingerprint density at radius 3 is 2.35 bits per heavy atom. The molecular weight excluding hydrogens is 322 g/mol. The molecule has 3 aromatic rings. The fourth-order valence-electron chi connectivity index (χ4n) is 3.14. The topological polar surface area (TPSA) is 67.1 Å². The van der Waals surface area contributed by atoms with E-state index in [4.69, 9.17) is 5.73 Å². The zero-order valence-corrected chi connectivity index (χ0v) is 15.7. The van der Waals surface area contributed by atoms with Gasteiger partial charge in [0.05, 0.1) is 0 Å². The van der Waals surface area contributed by atoms with E-state index < -0.39 is 0 Å². The van der Waals surface area contributed by atoms with Crippen molar-refractivity contribution in [2.75, 3.05) is 22.5 Å². The Bertz CT molecular complexity index is 900. The van der Waals surface area contributed by atoms with Crippen LogP contribution in [0.1, 0.15) is 23.6 Å². The van der Waals surface area contributed by atoms with Gasteiger partial charge in [0.15, 0.2) is 11.6 Å². The highest BCUT2D eigenvalue weighted by Crippen LogP contribution is 2.33. The number of aromatic nitrogens is 2. The Morgan fingerprint density at radius 1 is 0.962 bits per heavy atom. The largest absolute Gasteiger partial charge is 0.393 e. The highest BCUT2D eigenvalue weighted by atomic mass is 15.2. The fourth-order valence-corrected chi connectivity index (χ4v) is 3.14. The SMILES string of the molecule is CCN(c1cccc(C)c1)c1ncnc(Nc2cc(C)cc(C)c2)c1N. The van der Waals surface area contributed by atoms with Crippen LogP contribution in [0.25, 0.3) is 0 Å². The van der Waals surface area contributed by atoms with Crippen molar-refractivity contribution in [3.8, 4) is 0 Å². The normalized spacial score (nSPS) is 10.6. The molecule has 0 atom stereocenters. The maximum Gasteiger partial charge on any atom is 0.161 e. The first-order chi connectivity index (χ1) is 12.5. The molecule has 1 aromatic heterocycles. The van der Waals surface area contributed by atoms with Crippen LogP contribution in [0.4, 0.5) is 28.7 Å². The number of rotatable bonds is 5. The second-order valence-electron chi connectivity index (χ2n) is 6.54. The summed E-state index contributed by atoms with van der Waals surface area (Å²) in [6, 6.07) is 14.6. The minimum atomic E-state index is 0.537. The monoisotopic (exact) mass is 347 g/mol. The molecule has 3 rings (SSSR count). The molecule has 2 aromatic carbocycles. The first-order valence-electron chi connectivity index (χ1n) is 8.78. The quantitative estimate of drug-likeness (QED) is 0.688. The van der Waals surface area contributed by atoms with Crippen molar-refractivity contribution in [3.63, 3.8) is 0 Å². The van der Waals surface area contributed by atoms with E-state index in [1.807, 2.05) is 6.07 Å². The summed E-state index contributed by atoms with van der Waals surface area (Å²) in [5.41, 5.74) is 12.6. The van der Waals surface area contributed by atoms with E-state index >= 15 is 0 Å². The summed E-state index contributed by atoms with van der Waals surface area (Å²) in [4.78, 5) is 10.9. The molecule has 0 unspecified atom stereocenters. The van der Waals surface area contributed by atoms with Gasteiger partial charge in [-0.25, -0.2) is 9.97 Å². The summed E-state index contributed by atoms with van der Waals surface area (Å²) < 4.78 is 0. The van der Waals surface area contributed by atoms with Gasteiger partial charge in [-0.05, 0) is 68.7 Å². The third-order valence-electron chi connectivity index (χ3n) is 4.23. The lowest BCUT2D eigenvalue weighted by Gasteiger charge is -2.24. The standard InChI is InChI=1S/C21H25N5/c1-5-26(18-8-6-7-14(2)12-18)21-19(22)20(23-13-24-21)25-17-10-15(3)9-16(4)11-17/h6-13H,5,22H2,1-4H3,(H,23,24,25). The zero-order valence-electron chi connectivity index (χ0n) is 15.7. The van der Waals surface area contributed by atoms with Crippen LogP contribution >= 0.6 is 0 Å². The van der Waals surface area contributed by atoms with Crippen LogP contribution in [0.2, 0.25) is 0 Å². The van der Waals surface area contributed by atoms with E-state index in [-0.39, 0.29) is 0 Å². The lowest BCUT2D eigenvalue weighted by molar-refractivity contribution is 0.979. The number of benzene rings is 2. The maximum absolute atomic E-state index is 6.43. The Hall–Kier alpha value is -3.08. The molecule has 0 amide bonds. The third kappa shape index (κ3) is 3.77. The molecule has 0 radical (unpaired) electrons. The van der Waals surface area contributed by atoms with Crippen LogP contribution in [-0.4, -0.2) is 16.5 Å². The van der Waals surface area contributed by atoms with Crippen LogP contribution in [0, 0.1) is 20.8 Å². The summed E-state index contributed by atoms with van der Waals surface area (Å²) in [6.07, 6.45) is 1.55. The number of nitrogen functional groups attached to an aromatic ring is 1. The molecule has 0 bridgehead atoms. The average molecular weight is 347 g/mol. The van der Waals surface area contributed by atoms with E-state index in [0.29, 0.717) is 17.3 Å². The molecule has 0 aliphatic rings. The van der Waals surface area contributed by atoms with Crippen LogP contribution in [0.3, 0.4) is 0 Å². The lowest BCUT2D eigenvalue weighted by Crippen LogP contribution is -2.20. The van der Waals surface area contributed by atoms with Crippen molar-refractivity contribution >= 4 is 28.7 Å². The van der Waals surface area contributed by atoms with E-state index in [0.717, 1.165) is 17.9 Å². The molecule has 0 spiro atoms. The highest BCUT2D eigenvalue weighted by molar-refractivity contribution is 5.81. The van der Waals surface area contributed by atoms with Crippen molar-refractivity contribution in [3.05, 3.63) is 65.5 Å². The molecule has 0 aliphatic carbocycles. The number of hydrogen-bond acceptors (Lipinski definition) is 5. The van der Waals surface area contributed by atoms with Crippen LogP contribution in [0.5, 0.6) is 0 Å². The Kier molecular flexibility index (Phi) is 5.07. The predicted molar refractivity (Wildman–Crippen MR) is 110 cm³/mol. The molecule has 3 N–H and O–H groups in total. The number of anilines is 5. The second-order valence-corrected chi connectivity index (χ2v) is 6.54. The molecule has 26 heavy (non-hydrogen) atoms. The van der Waals surface area contributed by atoms with Crippen molar-refractivity contribution in [1.82, 2.24) is 9.97 Å². The maximum atomic E-state index is 6.43. The van der Waals surface area contributed by atoms with Gasteiger partial charge in [0.2, 0.25) is 0 Å². The van der Waals surface area contributed by atoms with Crippen LogP contribution in [-0.2, 0) is 0 Å². The van der Waals surface area contributed by atoms with E-state index in [9.17, 15) is 0 Å². The number of nitrogens with one attached hydrogen (secondary N) is 1. The fraction of sp³-hybridized carbons (Fsp3) is 0.238. The van der Waals surface area contributed by atoms with Gasteiger partial charge in [-0.3, -0.25) is 0 Å². The summed E-state index contributed by atoms with van der Waals surface area (Å²) in [5, 5.41) is 3.33. The van der Waals surface area contributed by atoms with Gasteiger partial charge in [-0.2, -0.15) is 0 Å². The van der Waals surface area contributed by atoms with Gasteiger partial charge in [0, 0.05) is 17.9 Å². The average Bonchev–Trinajstić information content (AvgIpc) is 2.58. The molecule has 134 valence electrons. The van der Waals surface area contributed by atoms with Gasteiger partial charge in [0.25, 0.3) is 0 Å². The number of hydrogen-bond donors (Lipinski definition) is 2. The van der Waals surface area contributed by atoms with E-state index in [2.05, 4.69) is 84.3 Å². The van der Waals surface area contributed by atoms with Crippen molar-refractivity contribution in [2.45, 2.75) is 27.7 Å². The Morgan fingerprint density at radius 2 is 1.69 bits per heavy atom. The minimum Gasteiger partial charge on any atom is -0.393 e. The van der Waals surface area contributed by atoms with Crippen LogP contribution < -0.4 is 16.0 Å². The molecule has 0 saturated carbocycles. The second kappa shape index (κ2) is 7.44. The molecule has 0 aliphatic heterocycles. The number of nitrogens with zero attached hydrogens (tertiary/aromatic N) is 3. The molecular formula is C21H25N5. The van der Waals surface area contributed by atoms with Gasteiger partial charge in [-0.15, -0.1) is 0 Å². The molecule has 5 heteroatoms. The smallest absolute Gasteiger partial charge is 0.161 e. The van der Waals surface area contributed by atoms with Gasteiger partial charge in [-0.1, -0.05) is 18.2 Å². The van der Waals surface area contributed by atoms with Crippen molar-refractivity contribution in [2.24, 2.45) is 0 Å². The zero-order chi connectivity index (χ0) is 18.7. The number of aryl methyl sites for hydroxylation is 3. The predicted octanol–water partition coefficient (Wildman–Crippen LogP) is 4.89. The van der Waals surface area contributed by atoms with Gasteiger partial charge in [0.1, 0.15) is 12.0 Å². The molecule has 1 heterocycles. The lowest BCUT2D eigenvalue weighted by atomic mass is 10.1. The summed E-state index contributed by atoms with van der Waals surface area (Å²) in [5.74, 6) is 1.33. The third-order valence-corrected chi connectivity index (χ3v) is 4.23. The first-order valence-corrected chi connectivity index (χ1v) is 8.78. The minimum absolute atomic E-state index is 0.537. The van der Waals surface area contributed by atoms with Gasteiger partial charge < -0.3 is 16.0 Å². The highest BCUT2D eigenvalue weighted by Gasteiger charge is 2.16. The Labute approximate surface area is 154 Å². The first kappa shape index (κ1) is 17.7.